The normalized spacial score (nSPS) is 11.5. The summed E-state index contributed by atoms with van der Waals surface area (Å²) in [5.74, 6) is 0.803. The smallest absolute Gasteiger partial charge is 0.271 e. The molecule has 0 aliphatic heterocycles. The fourth-order valence-electron chi connectivity index (χ4n) is 3.07. The van der Waals surface area contributed by atoms with E-state index in [1.807, 2.05) is 42.5 Å². The lowest BCUT2D eigenvalue weighted by Crippen LogP contribution is -2.18. The number of halogens is 2. The van der Waals surface area contributed by atoms with E-state index in [1.54, 1.807) is 31.5 Å². The van der Waals surface area contributed by atoms with Crippen LogP contribution in [0.3, 0.4) is 0 Å². The monoisotopic (exact) mass is 528 g/mol. The molecule has 0 saturated heterocycles. The standard InChI is InChI=1S/C26H26BrClN2O3/c1-26(2,3)20-11-9-18(10-12-20)25(31)30-29-15-17-13-21(27)24(23(14-17)32-4)33-16-19-7-5-6-8-22(19)28/h5-15H,16H2,1-4H3,(H,30,31)/b29-15+. The molecule has 5 nitrogen and oxygen atoms in total. The lowest BCUT2D eigenvalue weighted by Gasteiger charge is -2.18. The molecule has 0 heterocycles. The first kappa shape index (κ1) is 24.8. The molecule has 0 aliphatic carbocycles. The lowest BCUT2D eigenvalue weighted by molar-refractivity contribution is 0.0955. The summed E-state index contributed by atoms with van der Waals surface area (Å²) < 4.78 is 12.1. The van der Waals surface area contributed by atoms with Gasteiger partial charge in [-0.3, -0.25) is 4.79 Å². The Bertz CT molecular complexity index is 1160. The van der Waals surface area contributed by atoms with Gasteiger partial charge < -0.3 is 9.47 Å². The third-order valence-electron chi connectivity index (χ3n) is 4.97. The van der Waals surface area contributed by atoms with Gasteiger partial charge in [0.05, 0.1) is 17.8 Å². The highest BCUT2D eigenvalue weighted by Gasteiger charge is 2.15. The maximum atomic E-state index is 12.4. The topological polar surface area (TPSA) is 59.9 Å². The van der Waals surface area contributed by atoms with Crippen LogP contribution >= 0.6 is 27.5 Å². The number of benzene rings is 3. The van der Waals surface area contributed by atoms with Crippen LogP contribution in [0, 0.1) is 0 Å². The summed E-state index contributed by atoms with van der Waals surface area (Å²) in [6.45, 7) is 6.69. The molecule has 33 heavy (non-hydrogen) atoms. The highest BCUT2D eigenvalue weighted by Crippen LogP contribution is 2.37. The van der Waals surface area contributed by atoms with E-state index in [9.17, 15) is 4.79 Å². The number of amides is 1. The number of carbonyl (C=O) groups is 1. The van der Waals surface area contributed by atoms with Crippen molar-refractivity contribution in [3.8, 4) is 11.5 Å². The number of methoxy groups -OCH3 is 1. The lowest BCUT2D eigenvalue weighted by atomic mass is 9.87. The van der Waals surface area contributed by atoms with Gasteiger partial charge in [-0.15, -0.1) is 0 Å². The zero-order chi connectivity index (χ0) is 24.0. The van der Waals surface area contributed by atoms with E-state index >= 15 is 0 Å². The molecule has 1 N–H and O–H groups in total. The molecule has 0 bridgehead atoms. The van der Waals surface area contributed by atoms with Crippen molar-refractivity contribution in [3.63, 3.8) is 0 Å². The summed E-state index contributed by atoms with van der Waals surface area (Å²) in [7, 11) is 1.56. The predicted octanol–water partition coefficient (Wildman–Crippen LogP) is 6.75. The summed E-state index contributed by atoms with van der Waals surface area (Å²) in [4.78, 5) is 12.4. The zero-order valence-corrected chi connectivity index (χ0v) is 21.3. The molecule has 0 unspecified atom stereocenters. The molecule has 7 heteroatoms. The number of hydrogen-bond acceptors (Lipinski definition) is 4. The summed E-state index contributed by atoms with van der Waals surface area (Å²) >= 11 is 9.73. The van der Waals surface area contributed by atoms with E-state index in [0.717, 1.165) is 16.7 Å². The highest BCUT2D eigenvalue weighted by molar-refractivity contribution is 9.10. The molecule has 0 spiro atoms. The van der Waals surface area contributed by atoms with Gasteiger partial charge in [-0.1, -0.05) is 62.7 Å². The van der Waals surface area contributed by atoms with Crippen molar-refractivity contribution in [3.05, 3.63) is 92.4 Å². The number of ether oxygens (including phenoxy) is 2. The minimum atomic E-state index is -0.280. The van der Waals surface area contributed by atoms with E-state index in [0.29, 0.717) is 33.2 Å². The van der Waals surface area contributed by atoms with Gasteiger partial charge >= 0.3 is 0 Å². The van der Waals surface area contributed by atoms with Crippen LogP contribution in [0.25, 0.3) is 0 Å². The Balaban J connectivity index is 1.67. The van der Waals surface area contributed by atoms with Gasteiger partial charge in [0, 0.05) is 16.1 Å². The van der Waals surface area contributed by atoms with Crippen molar-refractivity contribution in [2.75, 3.05) is 7.11 Å². The molecule has 3 aromatic rings. The molecular formula is C26H26BrClN2O3. The Morgan fingerprint density at radius 1 is 1.12 bits per heavy atom. The maximum Gasteiger partial charge on any atom is 0.271 e. The highest BCUT2D eigenvalue weighted by atomic mass is 79.9. The van der Waals surface area contributed by atoms with Crippen LogP contribution in [0.1, 0.15) is 47.8 Å². The van der Waals surface area contributed by atoms with Gasteiger partial charge in [0.1, 0.15) is 6.61 Å². The van der Waals surface area contributed by atoms with Crippen molar-refractivity contribution in [1.82, 2.24) is 5.43 Å². The minimum Gasteiger partial charge on any atom is -0.493 e. The average Bonchev–Trinajstić information content (AvgIpc) is 2.78. The van der Waals surface area contributed by atoms with Crippen LogP contribution in [0.2, 0.25) is 5.02 Å². The molecule has 172 valence electrons. The average molecular weight is 530 g/mol. The number of rotatable bonds is 7. The largest absolute Gasteiger partial charge is 0.493 e. The van der Waals surface area contributed by atoms with Gasteiger partial charge in [0.15, 0.2) is 11.5 Å². The number of nitrogens with one attached hydrogen (secondary N) is 1. The molecule has 0 aliphatic rings. The second-order valence-corrected chi connectivity index (χ2v) is 9.70. The fourth-order valence-corrected chi connectivity index (χ4v) is 3.84. The number of hydrazone groups is 1. The Morgan fingerprint density at radius 2 is 1.82 bits per heavy atom. The van der Waals surface area contributed by atoms with E-state index < -0.39 is 0 Å². The van der Waals surface area contributed by atoms with E-state index in [1.165, 1.54) is 0 Å². The van der Waals surface area contributed by atoms with Crippen molar-refractivity contribution in [2.24, 2.45) is 5.10 Å². The third kappa shape index (κ3) is 6.59. The van der Waals surface area contributed by atoms with Crippen molar-refractivity contribution >= 4 is 39.7 Å². The summed E-state index contributed by atoms with van der Waals surface area (Å²) in [6.07, 6.45) is 1.55. The van der Waals surface area contributed by atoms with E-state index in [2.05, 4.69) is 47.2 Å². The third-order valence-corrected chi connectivity index (χ3v) is 5.93. The SMILES string of the molecule is COc1cc(/C=N/NC(=O)c2ccc(C(C)(C)C)cc2)cc(Br)c1OCc1ccccc1Cl. The molecule has 0 radical (unpaired) electrons. The fraction of sp³-hybridized carbons (Fsp3) is 0.231. The Morgan fingerprint density at radius 3 is 2.45 bits per heavy atom. The van der Waals surface area contributed by atoms with Crippen molar-refractivity contribution in [1.29, 1.82) is 0 Å². The molecular weight excluding hydrogens is 504 g/mol. The molecule has 0 aromatic heterocycles. The second-order valence-electron chi connectivity index (χ2n) is 8.44. The van der Waals surface area contributed by atoms with E-state index in [4.69, 9.17) is 21.1 Å². The first-order valence-corrected chi connectivity index (χ1v) is 11.5. The first-order chi connectivity index (χ1) is 15.7. The zero-order valence-electron chi connectivity index (χ0n) is 19.0. The molecule has 0 saturated carbocycles. The van der Waals surface area contributed by atoms with Crippen molar-refractivity contribution in [2.45, 2.75) is 32.8 Å². The molecule has 0 fully saturated rings. The van der Waals surface area contributed by atoms with Crippen LogP contribution in [-0.2, 0) is 12.0 Å². The van der Waals surface area contributed by atoms with Crippen molar-refractivity contribution < 1.29 is 14.3 Å². The van der Waals surface area contributed by atoms with Gasteiger partial charge in [-0.2, -0.15) is 5.10 Å². The summed E-state index contributed by atoms with van der Waals surface area (Å²) in [5.41, 5.74) is 5.90. The number of carbonyl (C=O) groups excluding carboxylic acids is 1. The Hall–Kier alpha value is -2.83. The Kier molecular flexibility index (Phi) is 8.16. The second kappa shape index (κ2) is 10.9. The number of nitrogens with zero attached hydrogens (tertiary/aromatic N) is 1. The molecule has 3 aromatic carbocycles. The summed E-state index contributed by atoms with van der Waals surface area (Å²) in [5, 5.41) is 4.72. The molecule has 3 rings (SSSR count). The first-order valence-electron chi connectivity index (χ1n) is 10.4. The van der Waals surface area contributed by atoms with Gasteiger partial charge in [-0.25, -0.2) is 5.43 Å². The molecule has 0 atom stereocenters. The van der Waals surface area contributed by atoms with Crippen LogP contribution < -0.4 is 14.9 Å². The Labute approximate surface area is 207 Å². The van der Waals surface area contributed by atoms with Gasteiger partial charge in [0.25, 0.3) is 5.91 Å². The molecule has 1 amide bonds. The van der Waals surface area contributed by atoms with E-state index in [-0.39, 0.29) is 11.3 Å². The predicted molar refractivity (Wildman–Crippen MR) is 137 cm³/mol. The van der Waals surface area contributed by atoms with Crippen LogP contribution in [-0.4, -0.2) is 19.2 Å². The maximum absolute atomic E-state index is 12.4. The van der Waals surface area contributed by atoms with Crippen LogP contribution in [0.4, 0.5) is 0 Å². The summed E-state index contributed by atoms with van der Waals surface area (Å²) in [6, 6.07) is 18.6. The van der Waals surface area contributed by atoms with Gasteiger partial charge in [-0.05, 0) is 62.8 Å². The van der Waals surface area contributed by atoms with Crippen LogP contribution in [0.15, 0.2) is 70.2 Å². The quantitative estimate of drug-likeness (QED) is 0.272. The minimum absolute atomic E-state index is 0.0306. The van der Waals surface area contributed by atoms with Gasteiger partial charge in [0.2, 0.25) is 0 Å². The van der Waals surface area contributed by atoms with Crippen LogP contribution in [0.5, 0.6) is 11.5 Å². The number of hydrogen-bond donors (Lipinski definition) is 1.